The molecule has 0 aliphatic rings. The first-order valence-electron chi connectivity index (χ1n) is 5.95. The van der Waals surface area contributed by atoms with E-state index in [1.165, 1.54) is 4.90 Å². The van der Waals surface area contributed by atoms with Crippen molar-refractivity contribution < 1.29 is 9.53 Å². The number of carbonyl (C=O) groups excluding carboxylic acids is 1. The summed E-state index contributed by atoms with van der Waals surface area (Å²) in [5.74, 6) is 0.891. The van der Waals surface area contributed by atoms with Crippen LogP contribution in [0.5, 0.6) is 0 Å². The normalized spacial score (nSPS) is 10.3. The minimum absolute atomic E-state index is 0.155. The zero-order valence-electron chi connectivity index (χ0n) is 10.8. The zero-order chi connectivity index (χ0) is 13.2. The van der Waals surface area contributed by atoms with Crippen molar-refractivity contribution in [2.45, 2.75) is 24.8 Å². The summed E-state index contributed by atoms with van der Waals surface area (Å²) in [6, 6.07) is 8.04. The number of benzene rings is 1. The van der Waals surface area contributed by atoms with Crippen LogP contribution < -0.4 is 5.32 Å². The van der Waals surface area contributed by atoms with E-state index in [0.717, 1.165) is 17.9 Å². The molecule has 1 rings (SSSR count). The molecular formula is C13H19NO2S2. The fourth-order valence-corrected chi connectivity index (χ4v) is 3.45. The Kier molecular flexibility index (Phi) is 7.96. The summed E-state index contributed by atoms with van der Waals surface area (Å²) in [5, 5.41) is 3.11. The molecule has 1 aromatic rings. The van der Waals surface area contributed by atoms with Crippen LogP contribution in [0.25, 0.3) is 0 Å². The van der Waals surface area contributed by atoms with E-state index in [4.69, 9.17) is 4.74 Å². The molecule has 0 saturated carbocycles. The molecule has 5 heteroatoms. The number of ether oxygens (including phenoxy) is 1. The molecule has 0 bridgehead atoms. The summed E-state index contributed by atoms with van der Waals surface area (Å²) in [6.45, 7) is 3.16. The van der Waals surface area contributed by atoms with Gasteiger partial charge >= 0.3 is 5.97 Å². The molecule has 0 fully saturated rings. The van der Waals surface area contributed by atoms with Gasteiger partial charge in [0.2, 0.25) is 0 Å². The fourth-order valence-electron chi connectivity index (χ4n) is 1.21. The Morgan fingerprint density at radius 2 is 2.17 bits per heavy atom. The maximum absolute atomic E-state index is 11.2. The smallest absolute Gasteiger partial charge is 0.305 e. The van der Waals surface area contributed by atoms with Gasteiger partial charge in [-0.05, 0) is 13.1 Å². The van der Waals surface area contributed by atoms with E-state index >= 15 is 0 Å². The average Bonchev–Trinajstić information content (AvgIpc) is 2.42. The van der Waals surface area contributed by atoms with E-state index in [2.05, 4.69) is 11.4 Å². The van der Waals surface area contributed by atoms with Gasteiger partial charge in [-0.2, -0.15) is 0 Å². The predicted molar refractivity (Wildman–Crippen MR) is 78.8 cm³/mol. The quantitative estimate of drug-likeness (QED) is 0.451. The van der Waals surface area contributed by atoms with Crippen LogP contribution in [-0.2, 0) is 16.1 Å². The lowest BCUT2D eigenvalue weighted by atomic mass is 10.2. The highest BCUT2D eigenvalue weighted by Gasteiger charge is 2.05. The third kappa shape index (κ3) is 5.80. The van der Waals surface area contributed by atoms with Crippen LogP contribution >= 0.6 is 21.6 Å². The van der Waals surface area contributed by atoms with Gasteiger partial charge in [-0.15, -0.1) is 0 Å². The van der Waals surface area contributed by atoms with Crippen molar-refractivity contribution in [1.29, 1.82) is 0 Å². The topological polar surface area (TPSA) is 38.3 Å². The number of hydrogen-bond donors (Lipinski definition) is 1. The molecule has 0 saturated heterocycles. The van der Waals surface area contributed by atoms with Crippen molar-refractivity contribution in [3.63, 3.8) is 0 Å². The average molecular weight is 285 g/mol. The van der Waals surface area contributed by atoms with Gasteiger partial charge in [0.05, 0.1) is 0 Å². The zero-order valence-corrected chi connectivity index (χ0v) is 12.4. The Labute approximate surface area is 116 Å². The molecule has 0 heterocycles. The SMILES string of the molecule is CCC(=O)OCc1ccccc1SSCCNC. The molecule has 0 amide bonds. The first-order chi connectivity index (χ1) is 8.77. The van der Waals surface area contributed by atoms with Gasteiger partial charge in [-0.3, -0.25) is 4.79 Å². The molecule has 0 aromatic heterocycles. The molecule has 0 unspecified atom stereocenters. The highest BCUT2D eigenvalue weighted by atomic mass is 33.1. The molecule has 100 valence electrons. The van der Waals surface area contributed by atoms with Crippen molar-refractivity contribution in [3.05, 3.63) is 29.8 Å². The van der Waals surface area contributed by atoms with Crippen LogP contribution in [0.3, 0.4) is 0 Å². The van der Waals surface area contributed by atoms with Crippen LogP contribution in [0.4, 0.5) is 0 Å². The molecule has 0 spiro atoms. The van der Waals surface area contributed by atoms with Crippen molar-refractivity contribution in [2.24, 2.45) is 0 Å². The lowest BCUT2D eigenvalue weighted by Crippen LogP contribution is -2.09. The van der Waals surface area contributed by atoms with Crippen LogP contribution in [0.2, 0.25) is 0 Å². The molecule has 1 N–H and O–H groups in total. The molecule has 3 nitrogen and oxygen atoms in total. The number of hydrogen-bond acceptors (Lipinski definition) is 5. The Morgan fingerprint density at radius 1 is 1.39 bits per heavy atom. The van der Waals surface area contributed by atoms with Gasteiger partial charge < -0.3 is 10.1 Å². The van der Waals surface area contributed by atoms with E-state index < -0.39 is 0 Å². The molecular weight excluding hydrogens is 266 g/mol. The Bertz CT molecular complexity index is 372. The van der Waals surface area contributed by atoms with Crippen molar-refractivity contribution >= 4 is 27.6 Å². The highest BCUT2D eigenvalue weighted by Crippen LogP contribution is 2.33. The summed E-state index contributed by atoms with van der Waals surface area (Å²) in [6.07, 6.45) is 0.423. The number of esters is 1. The van der Waals surface area contributed by atoms with Gasteiger partial charge in [0.25, 0.3) is 0 Å². The summed E-state index contributed by atoms with van der Waals surface area (Å²) in [4.78, 5) is 12.3. The molecule has 18 heavy (non-hydrogen) atoms. The van der Waals surface area contributed by atoms with Crippen molar-refractivity contribution in [2.75, 3.05) is 19.3 Å². The van der Waals surface area contributed by atoms with Crippen LogP contribution in [0.15, 0.2) is 29.2 Å². The van der Waals surface area contributed by atoms with Crippen molar-refractivity contribution in [3.8, 4) is 0 Å². The predicted octanol–water partition coefficient (Wildman–Crippen LogP) is 3.10. The second kappa shape index (κ2) is 9.30. The number of carbonyl (C=O) groups is 1. The molecule has 0 aliphatic heterocycles. The van der Waals surface area contributed by atoms with E-state index in [-0.39, 0.29) is 5.97 Å². The molecule has 0 aliphatic carbocycles. The van der Waals surface area contributed by atoms with Gasteiger partial charge in [0.15, 0.2) is 0 Å². The van der Waals surface area contributed by atoms with E-state index in [1.807, 2.05) is 25.2 Å². The van der Waals surface area contributed by atoms with E-state index in [9.17, 15) is 4.79 Å². The maximum atomic E-state index is 11.2. The third-order valence-electron chi connectivity index (χ3n) is 2.23. The molecule has 1 aromatic carbocycles. The second-order valence-corrected chi connectivity index (χ2v) is 6.09. The van der Waals surface area contributed by atoms with Gasteiger partial charge in [0.1, 0.15) is 6.61 Å². The van der Waals surface area contributed by atoms with Crippen LogP contribution in [0.1, 0.15) is 18.9 Å². The van der Waals surface area contributed by atoms with E-state index in [0.29, 0.717) is 13.0 Å². The first-order valence-corrected chi connectivity index (χ1v) is 8.27. The minimum Gasteiger partial charge on any atom is -0.461 e. The lowest BCUT2D eigenvalue weighted by Gasteiger charge is -2.09. The maximum Gasteiger partial charge on any atom is 0.305 e. The molecule has 0 atom stereocenters. The summed E-state index contributed by atoms with van der Waals surface area (Å²) in [5.41, 5.74) is 1.07. The standard InChI is InChI=1S/C13H19NO2S2/c1-3-13(15)16-10-11-6-4-5-7-12(11)18-17-9-8-14-2/h4-7,14H,3,8-10H2,1-2H3. The number of nitrogens with one attached hydrogen (secondary N) is 1. The third-order valence-corrected chi connectivity index (χ3v) is 4.69. The minimum atomic E-state index is -0.155. The van der Waals surface area contributed by atoms with Gasteiger partial charge in [0, 0.05) is 29.2 Å². The first kappa shape index (κ1) is 15.4. The largest absolute Gasteiger partial charge is 0.461 e. The summed E-state index contributed by atoms with van der Waals surface area (Å²) < 4.78 is 5.17. The van der Waals surface area contributed by atoms with E-state index in [1.54, 1.807) is 28.5 Å². The van der Waals surface area contributed by atoms with Crippen LogP contribution in [0, 0.1) is 0 Å². The summed E-state index contributed by atoms with van der Waals surface area (Å²) >= 11 is 0. The van der Waals surface area contributed by atoms with Crippen molar-refractivity contribution in [1.82, 2.24) is 5.32 Å². The Balaban J connectivity index is 2.48. The number of rotatable bonds is 8. The highest BCUT2D eigenvalue weighted by molar-refractivity contribution is 8.76. The Hall–Kier alpha value is -0.650. The van der Waals surface area contributed by atoms with Crippen LogP contribution in [-0.4, -0.2) is 25.3 Å². The van der Waals surface area contributed by atoms with Gasteiger partial charge in [-0.25, -0.2) is 0 Å². The summed E-state index contributed by atoms with van der Waals surface area (Å²) in [7, 11) is 5.48. The molecule has 0 radical (unpaired) electrons. The van der Waals surface area contributed by atoms with Gasteiger partial charge in [-0.1, -0.05) is 46.7 Å². The fraction of sp³-hybridized carbons (Fsp3) is 0.462. The monoisotopic (exact) mass is 285 g/mol. The lowest BCUT2D eigenvalue weighted by molar-refractivity contribution is -0.144. The second-order valence-electron chi connectivity index (χ2n) is 3.63. The Morgan fingerprint density at radius 3 is 2.89 bits per heavy atom.